The van der Waals surface area contributed by atoms with Crippen molar-refractivity contribution < 1.29 is 19.1 Å². The normalized spacial score (nSPS) is 11.7. The summed E-state index contributed by atoms with van der Waals surface area (Å²) in [5.41, 5.74) is 0.889. The predicted molar refractivity (Wildman–Crippen MR) is 87.8 cm³/mol. The van der Waals surface area contributed by atoms with E-state index < -0.39 is 11.9 Å². The van der Waals surface area contributed by atoms with E-state index >= 15 is 0 Å². The van der Waals surface area contributed by atoms with E-state index in [4.69, 9.17) is 5.11 Å². The summed E-state index contributed by atoms with van der Waals surface area (Å²) in [6, 6.07) is 2.73. The lowest BCUT2D eigenvalue weighted by atomic mass is 10.2. The molecule has 128 valence electrons. The molecule has 1 rings (SSSR count). The molecular formula is C15H22FN3O3S. The maximum Gasteiger partial charge on any atom is 0.314 e. The molecule has 0 aliphatic carbocycles. The van der Waals surface area contributed by atoms with E-state index in [1.807, 2.05) is 0 Å². The van der Waals surface area contributed by atoms with Gasteiger partial charge in [0.15, 0.2) is 0 Å². The SMILES string of the molecule is CC(CCC(=O)O)NC(=O)NCCCSCc1ccnc([18F])c1. The molecule has 0 spiro atoms. The zero-order valence-corrected chi connectivity index (χ0v) is 13.9. The molecule has 0 saturated heterocycles. The Balaban J connectivity index is 2.03. The number of thioether (sulfide) groups is 1. The van der Waals surface area contributed by atoms with Crippen molar-refractivity contribution in [3.8, 4) is 0 Å². The third kappa shape index (κ3) is 9.72. The van der Waals surface area contributed by atoms with Crippen LogP contribution in [0.25, 0.3) is 0 Å². The van der Waals surface area contributed by atoms with Gasteiger partial charge in [-0.2, -0.15) is 16.2 Å². The number of pyridine rings is 1. The number of carbonyl (C=O) groups is 2. The molecule has 8 heteroatoms. The van der Waals surface area contributed by atoms with Crippen molar-refractivity contribution in [3.05, 3.63) is 29.8 Å². The molecule has 0 aromatic carbocycles. The summed E-state index contributed by atoms with van der Waals surface area (Å²) in [5, 5.41) is 14.0. The Bertz CT molecular complexity index is 516. The second-order valence-electron chi connectivity index (χ2n) is 5.13. The van der Waals surface area contributed by atoms with Gasteiger partial charge in [0.05, 0.1) is 0 Å². The van der Waals surface area contributed by atoms with Crippen LogP contribution >= 0.6 is 11.8 Å². The quantitative estimate of drug-likeness (QED) is 0.449. The van der Waals surface area contributed by atoms with Crippen LogP contribution in [0.1, 0.15) is 31.7 Å². The molecule has 1 aromatic heterocycles. The minimum Gasteiger partial charge on any atom is -0.481 e. The predicted octanol–water partition coefficient (Wildman–Crippen LogP) is 2.40. The highest BCUT2D eigenvalue weighted by atomic mass is 32.2. The molecule has 0 bridgehead atoms. The van der Waals surface area contributed by atoms with E-state index in [2.05, 4.69) is 15.6 Å². The molecule has 1 unspecified atom stereocenters. The van der Waals surface area contributed by atoms with E-state index in [-0.39, 0.29) is 18.5 Å². The van der Waals surface area contributed by atoms with Crippen LogP contribution in [-0.4, -0.2) is 40.4 Å². The molecule has 2 amide bonds. The highest BCUT2D eigenvalue weighted by Crippen LogP contribution is 2.12. The van der Waals surface area contributed by atoms with Gasteiger partial charge in [-0.05, 0) is 43.2 Å². The van der Waals surface area contributed by atoms with Crippen molar-refractivity contribution in [1.29, 1.82) is 0 Å². The van der Waals surface area contributed by atoms with Gasteiger partial charge in [-0.25, -0.2) is 9.78 Å². The first-order valence-electron chi connectivity index (χ1n) is 7.41. The van der Waals surface area contributed by atoms with Gasteiger partial charge >= 0.3 is 12.0 Å². The van der Waals surface area contributed by atoms with Gasteiger partial charge in [0.25, 0.3) is 0 Å². The Morgan fingerprint density at radius 2 is 2.26 bits per heavy atom. The number of nitrogens with one attached hydrogen (secondary N) is 2. The number of amides is 2. The highest BCUT2D eigenvalue weighted by Gasteiger charge is 2.08. The van der Waals surface area contributed by atoms with E-state index in [9.17, 15) is 14.0 Å². The second kappa shape index (κ2) is 10.8. The largest absolute Gasteiger partial charge is 0.481 e. The molecule has 6 nitrogen and oxygen atoms in total. The van der Waals surface area contributed by atoms with E-state index in [1.165, 1.54) is 12.3 Å². The number of aromatic nitrogens is 1. The van der Waals surface area contributed by atoms with Crippen molar-refractivity contribution in [1.82, 2.24) is 15.6 Å². The van der Waals surface area contributed by atoms with Gasteiger partial charge in [-0.1, -0.05) is 0 Å². The zero-order chi connectivity index (χ0) is 17.1. The molecule has 1 atom stereocenters. The van der Waals surface area contributed by atoms with Crippen molar-refractivity contribution in [3.63, 3.8) is 0 Å². The van der Waals surface area contributed by atoms with Crippen LogP contribution in [-0.2, 0) is 10.5 Å². The zero-order valence-electron chi connectivity index (χ0n) is 13.0. The summed E-state index contributed by atoms with van der Waals surface area (Å²) in [7, 11) is 0. The molecule has 0 fully saturated rings. The molecule has 0 radical (unpaired) electrons. The number of aliphatic carboxylic acids is 1. The third-order valence-electron chi connectivity index (χ3n) is 2.98. The molecule has 0 aliphatic rings. The number of carboxylic acids is 1. The van der Waals surface area contributed by atoms with Crippen LogP contribution in [0.5, 0.6) is 0 Å². The van der Waals surface area contributed by atoms with Gasteiger partial charge in [0.2, 0.25) is 5.95 Å². The van der Waals surface area contributed by atoms with Crippen molar-refractivity contribution >= 4 is 23.8 Å². The Kier molecular flexibility index (Phi) is 9.04. The fourth-order valence-electron chi connectivity index (χ4n) is 1.79. The number of carbonyl (C=O) groups excluding carboxylic acids is 1. The smallest absolute Gasteiger partial charge is 0.314 e. The average Bonchev–Trinajstić information content (AvgIpc) is 2.48. The second-order valence-corrected chi connectivity index (χ2v) is 6.23. The van der Waals surface area contributed by atoms with Crippen LogP contribution in [0.2, 0.25) is 0 Å². The molecule has 23 heavy (non-hydrogen) atoms. The molecule has 1 heterocycles. The number of rotatable bonds is 10. The lowest BCUT2D eigenvalue weighted by Crippen LogP contribution is -2.41. The van der Waals surface area contributed by atoms with Crippen LogP contribution in [0.15, 0.2) is 18.3 Å². The lowest BCUT2D eigenvalue weighted by molar-refractivity contribution is -0.137. The fraction of sp³-hybridized carbons (Fsp3) is 0.533. The van der Waals surface area contributed by atoms with E-state index in [0.29, 0.717) is 18.7 Å². The van der Waals surface area contributed by atoms with Gasteiger partial charge < -0.3 is 15.7 Å². The molecule has 0 aliphatic heterocycles. The van der Waals surface area contributed by atoms with Crippen molar-refractivity contribution in [2.45, 2.75) is 38.0 Å². The third-order valence-corrected chi connectivity index (χ3v) is 4.09. The van der Waals surface area contributed by atoms with E-state index in [0.717, 1.165) is 17.7 Å². The van der Waals surface area contributed by atoms with Gasteiger partial charge in [0.1, 0.15) is 0 Å². The minimum absolute atomic E-state index is 0.0354. The van der Waals surface area contributed by atoms with Crippen LogP contribution < -0.4 is 10.6 Å². The Labute approximate surface area is 139 Å². The first-order valence-corrected chi connectivity index (χ1v) is 8.57. The Morgan fingerprint density at radius 1 is 1.48 bits per heavy atom. The highest BCUT2D eigenvalue weighted by molar-refractivity contribution is 7.98. The summed E-state index contributed by atoms with van der Waals surface area (Å²) in [5.74, 6) is 0.208. The van der Waals surface area contributed by atoms with Crippen LogP contribution in [0.4, 0.5) is 9.18 Å². The molecule has 0 saturated carbocycles. The van der Waals surface area contributed by atoms with Crippen LogP contribution in [0.3, 0.4) is 0 Å². The number of halogens is 1. The lowest BCUT2D eigenvalue weighted by Gasteiger charge is -2.13. The standard InChI is InChI=1S/C15H22FN3O3S/c1-11(3-4-14(20)21)19-15(22)18-6-2-8-23-10-12-5-7-17-13(16)9-12/h5,7,9,11H,2-4,6,8,10H2,1H3,(H,20,21)(H2,18,19,22)/i16-1. The number of carboxylic acid groups (broad SMARTS) is 1. The summed E-state index contributed by atoms with van der Waals surface area (Å²) in [6.07, 6.45) is 2.69. The number of hydrogen-bond acceptors (Lipinski definition) is 4. The van der Waals surface area contributed by atoms with Gasteiger partial charge in [-0.15, -0.1) is 0 Å². The maximum absolute atomic E-state index is 12.9. The number of hydrogen-bond donors (Lipinski definition) is 3. The first kappa shape index (κ1) is 19.2. The summed E-state index contributed by atoms with van der Waals surface area (Å²) in [6.45, 7) is 2.31. The van der Waals surface area contributed by atoms with Gasteiger partial charge in [0, 0.05) is 31.0 Å². The maximum atomic E-state index is 12.9. The Hall–Kier alpha value is -1.83. The summed E-state index contributed by atoms with van der Waals surface area (Å²) < 4.78 is 12.9. The summed E-state index contributed by atoms with van der Waals surface area (Å²) in [4.78, 5) is 25.5. The number of nitrogens with zero attached hydrogens (tertiary/aromatic N) is 1. The molecule has 1 aromatic rings. The average molecular weight is 342 g/mol. The number of urea groups is 1. The van der Waals surface area contributed by atoms with Crippen molar-refractivity contribution in [2.75, 3.05) is 12.3 Å². The topological polar surface area (TPSA) is 91.3 Å². The minimum atomic E-state index is -0.870. The Morgan fingerprint density at radius 3 is 2.96 bits per heavy atom. The van der Waals surface area contributed by atoms with E-state index in [1.54, 1.807) is 24.8 Å². The van der Waals surface area contributed by atoms with Crippen molar-refractivity contribution in [2.24, 2.45) is 0 Å². The monoisotopic (exact) mass is 342 g/mol. The fourth-order valence-corrected chi connectivity index (χ4v) is 2.69. The van der Waals surface area contributed by atoms with Crippen LogP contribution in [0, 0.1) is 5.95 Å². The van der Waals surface area contributed by atoms with Gasteiger partial charge in [-0.3, -0.25) is 4.79 Å². The molecule has 3 N–H and O–H groups in total. The molecular weight excluding hydrogens is 320 g/mol. The summed E-state index contributed by atoms with van der Waals surface area (Å²) >= 11 is 1.66. The first-order chi connectivity index (χ1) is 11.0.